The summed E-state index contributed by atoms with van der Waals surface area (Å²) in [6.07, 6.45) is 5.96. The van der Waals surface area contributed by atoms with Gasteiger partial charge in [-0.1, -0.05) is 31.2 Å². The molecule has 43 heavy (non-hydrogen) atoms. The van der Waals surface area contributed by atoms with Gasteiger partial charge < -0.3 is 29.0 Å². The highest BCUT2D eigenvalue weighted by Crippen LogP contribution is 2.40. The Kier molecular flexibility index (Phi) is 9.41. The van der Waals surface area contributed by atoms with Crippen molar-refractivity contribution in [3.05, 3.63) is 82.9 Å². The van der Waals surface area contributed by atoms with Crippen molar-refractivity contribution in [2.45, 2.75) is 63.7 Å². The standard InChI is InChI=1S/C36H46N2O5/c1-3-16-38(35-25-33(40-2)12-13-34(35)30-7-6-29-24-31(39)9-8-28(29)23-30)26-27-4-10-32(11-5-27)41-20-19-37-17-14-36(15-18-37)42-21-22-43-36/h4-5,8-13,24-25,30,39H,3,6-7,14-23,26H2,1-2H3. The molecule has 0 aromatic heterocycles. The lowest BCUT2D eigenvalue weighted by atomic mass is 9.79. The molecule has 0 radical (unpaired) electrons. The van der Waals surface area contributed by atoms with Crippen LogP contribution in [0.1, 0.15) is 60.8 Å². The van der Waals surface area contributed by atoms with Crippen LogP contribution in [0.2, 0.25) is 0 Å². The third-order valence-corrected chi connectivity index (χ3v) is 9.33. The van der Waals surface area contributed by atoms with Crippen LogP contribution in [0, 0.1) is 0 Å². The van der Waals surface area contributed by atoms with E-state index in [1.54, 1.807) is 7.11 Å². The van der Waals surface area contributed by atoms with Crippen LogP contribution in [-0.2, 0) is 28.9 Å². The minimum Gasteiger partial charge on any atom is -0.508 e. The van der Waals surface area contributed by atoms with E-state index in [2.05, 4.69) is 65.3 Å². The van der Waals surface area contributed by atoms with Gasteiger partial charge in [-0.05, 0) is 84.2 Å². The molecule has 7 heteroatoms. The number of aromatic hydroxyl groups is 1. The van der Waals surface area contributed by atoms with E-state index >= 15 is 0 Å². The molecule has 1 aliphatic carbocycles. The lowest BCUT2D eigenvalue weighted by Gasteiger charge is -2.37. The Morgan fingerprint density at radius 2 is 1.72 bits per heavy atom. The van der Waals surface area contributed by atoms with Gasteiger partial charge in [-0.15, -0.1) is 0 Å². The Morgan fingerprint density at radius 1 is 0.953 bits per heavy atom. The number of hydrogen-bond donors (Lipinski definition) is 1. The van der Waals surface area contributed by atoms with Crippen molar-refractivity contribution < 1.29 is 24.1 Å². The van der Waals surface area contributed by atoms with Crippen molar-refractivity contribution in [2.75, 3.05) is 58.0 Å². The Balaban J connectivity index is 1.09. The topological polar surface area (TPSA) is 63.6 Å². The average molecular weight is 587 g/mol. The third kappa shape index (κ3) is 7.11. The van der Waals surface area contributed by atoms with Crippen LogP contribution in [0.15, 0.2) is 60.7 Å². The van der Waals surface area contributed by atoms with Gasteiger partial charge in [-0.3, -0.25) is 4.90 Å². The number of nitrogens with zero attached hydrogens (tertiary/aromatic N) is 2. The minimum absolute atomic E-state index is 0.322. The zero-order valence-corrected chi connectivity index (χ0v) is 25.7. The van der Waals surface area contributed by atoms with Crippen LogP contribution in [-0.4, -0.2) is 68.9 Å². The zero-order chi connectivity index (χ0) is 29.6. The molecular weight excluding hydrogens is 540 g/mol. The van der Waals surface area contributed by atoms with Crippen molar-refractivity contribution in [1.82, 2.24) is 4.90 Å². The molecule has 1 N–H and O–H groups in total. The number of benzene rings is 3. The highest BCUT2D eigenvalue weighted by atomic mass is 16.7. The molecule has 2 fully saturated rings. The van der Waals surface area contributed by atoms with E-state index < -0.39 is 0 Å². The van der Waals surface area contributed by atoms with Gasteiger partial charge >= 0.3 is 0 Å². The first-order valence-corrected chi connectivity index (χ1v) is 16.0. The fraction of sp³-hybridized carbons (Fsp3) is 0.500. The lowest BCUT2D eigenvalue weighted by molar-refractivity contribution is -0.185. The maximum atomic E-state index is 9.95. The van der Waals surface area contributed by atoms with Gasteiger partial charge in [0.15, 0.2) is 5.79 Å². The van der Waals surface area contributed by atoms with E-state index in [9.17, 15) is 5.11 Å². The van der Waals surface area contributed by atoms with Crippen molar-refractivity contribution in [2.24, 2.45) is 0 Å². The second-order valence-electron chi connectivity index (χ2n) is 12.2. The molecule has 1 unspecified atom stereocenters. The maximum absolute atomic E-state index is 9.95. The summed E-state index contributed by atoms with van der Waals surface area (Å²) in [4.78, 5) is 4.94. The number of fused-ring (bicyclic) bond motifs is 1. The van der Waals surface area contributed by atoms with Gasteiger partial charge in [-0.25, -0.2) is 0 Å². The first kappa shape index (κ1) is 29.8. The van der Waals surface area contributed by atoms with E-state index in [1.807, 2.05) is 12.1 Å². The Morgan fingerprint density at radius 3 is 2.47 bits per heavy atom. The zero-order valence-electron chi connectivity index (χ0n) is 25.7. The fourth-order valence-corrected chi connectivity index (χ4v) is 6.94. The molecule has 7 nitrogen and oxygen atoms in total. The fourth-order valence-electron chi connectivity index (χ4n) is 6.94. The molecule has 3 aromatic carbocycles. The van der Waals surface area contributed by atoms with Crippen LogP contribution < -0.4 is 14.4 Å². The van der Waals surface area contributed by atoms with E-state index in [0.717, 1.165) is 96.0 Å². The first-order chi connectivity index (χ1) is 21.0. The molecule has 2 saturated heterocycles. The third-order valence-electron chi connectivity index (χ3n) is 9.33. The Hall–Kier alpha value is -3.26. The van der Waals surface area contributed by atoms with Crippen LogP contribution >= 0.6 is 0 Å². The van der Waals surface area contributed by atoms with E-state index in [1.165, 1.54) is 27.9 Å². The van der Waals surface area contributed by atoms with Gasteiger partial charge in [-0.2, -0.15) is 0 Å². The van der Waals surface area contributed by atoms with Crippen LogP contribution in [0.5, 0.6) is 17.2 Å². The number of likely N-dealkylation sites (tertiary alicyclic amines) is 1. The predicted octanol–water partition coefficient (Wildman–Crippen LogP) is 6.31. The lowest BCUT2D eigenvalue weighted by Crippen LogP contribution is -2.46. The Bertz CT molecular complexity index is 1340. The second kappa shape index (κ2) is 13.6. The van der Waals surface area contributed by atoms with E-state index in [-0.39, 0.29) is 5.79 Å². The number of phenolic OH excluding ortho intramolecular Hbond substituents is 1. The quantitative estimate of drug-likeness (QED) is 0.283. The second-order valence-corrected chi connectivity index (χ2v) is 12.2. The normalized spacial score (nSPS) is 19.7. The first-order valence-electron chi connectivity index (χ1n) is 16.0. The summed E-state index contributed by atoms with van der Waals surface area (Å²) in [6, 6.07) is 21.0. The van der Waals surface area contributed by atoms with E-state index in [4.69, 9.17) is 18.9 Å². The van der Waals surface area contributed by atoms with Gasteiger partial charge in [0.05, 0.1) is 20.3 Å². The monoisotopic (exact) mass is 586 g/mol. The number of rotatable bonds is 11. The summed E-state index contributed by atoms with van der Waals surface area (Å²) in [5.41, 5.74) is 6.51. The molecule has 3 aromatic rings. The van der Waals surface area contributed by atoms with Crippen LogP contribution in [0.25, 0.3) is 0 Å². The number of methoxy groups -OCH3 is 1. The number of ether oxygens (including phenoxy) is 4. The maximum Gasteiger partial charge on any atom is 0.170 e. The highest BCUT2D eigenvalue weighted by molar-refractivity contribution is 5.60. The summed E-state index contributed by atoms with van der Waals surface area (Å²) in [5.74, 6) is 2.26. The minimum atomic E-state index is -0.322. The molecule has 1 atom stereocenters. The van der Waals surface area contributed by atoms with Gasteiger partial charge in [0.25, 0.3) is 0 Å². The van der Waals surface area contributed by atoms with E-state index in [0.29, 0.717) is 18.3 Å². The smallest absolute Gasteiger partial charge is 0.170 e. The van der Waals surface area contributed by atoms with Crippen molar-refractivity contribution in [3.63, 3.8) is 0 Å². The number of hydrogen-bond acceptors (Lipinski definition) is 7. The van der Waals surface area contributed by atoms with Gasteiger partial charge in [0, 0.05) is 57.3 Å². The summed E-state index contributed by atoms with van der Waals surface area (Å²) in [5, 5.41) is 9.95. The van der Waals surface area contributed by atoms with Crippen molar-refractivity contribution in [1.29, 1.82) is 0 Å². The van der Waals surface area contributed by atoms with Gasteiger partial charge in [0.2, 0.25) is 0 Å². The molecule has 1 spiro atoms. The largest absolute Gasteiger partial charge is 0.508 e. The highest BCUT2D eigenvalue weighted by Gasteiger charge is 2.39. The van der Waals surface area contributed by atoms with Crippen LogP contribution in [0.4, 0.5) is 5.69 Å². The summed E-state index contributed by atoms with van der Waals surface area (Å²) >= 11 is 0. The van der Waals surface area contributed by atoms with Crippen LogP contribution in [0.3, 0.4) is 0 Å². The molecule has 2 aliphatic heterocycles. The molecular formula is C36H46N2O5. The van der Waals surface area contributed by atoms with Crippen molar-refractivity contribution >= 4 is 5.69 Å². The molecule has 0 bridgehead atoms. The predicted molar refractivity (Wildman–Crippen MR) is 169 cm³/mol. The molecule has 3 aliphatic rings. The molecule has 0 saturated carbocycles. The Labute approximate surface area is 256 Å². The van der Waals surface area contributed by atoms with Crippen molar-refractivity contribution in [3.8, 4) is 17.2 Å². The summed E-state index contributed by atoms with van der Waals surface area (Å²) < 4.78 is 23.5. The molecule has 2 heterocycles. The summed E-state index contributed by atoms with van der Waals surface area (Å²) in [6.45, 7) is 9.02. The molecule has 0 amide bonds. The number of piperidine rings is 1. The summed E-state index contributed by atoms with van der Waals surface area (Å²) in [7, 11) is 1.74. The molecule has 6 rings (SSSR count). The molecule has 230 valence electrons. The average Bonchev–Trinajstić information content (AvgIpc) is 3.50. The van der Waals surface area contributed by atoms with Gasteiger partial charge in [0.1, 0.15) is 23.9 Å². The number of aryl methyl sites for hydroxylation is 1. The number of phenols is 1. The SMILES string of the molecule is CCCN(Cc1ccc(OCCN2CCC3(CC2)OCCO3)cc1)c1cc(OC)ccc1C1CCc2cc(O)ccc2C1. The number of anilines is 1.